The van der Waals surface area contributed by atoms with Crippen molar-refractivity contribution in [3.05, 3.63) is 54.2 Å². The van der Waals surface area contributed by atoms with Gasteiger partial charge in [-0.2, -0.15) is 0 Å². The van der Waals surface area contributed by atoms with Crippen LogP contribution in [-0.4, -0.2) is 30.6 Å². The molecule has 0 amide bonds. The van der Waals surface area contributed by atoms with Crippen molar-refractivity contribution in [1.82, 2.24) is 3.97 Å². The molecule has 1 heterocycles. The molecule has 3 rings (SSSR count). The summed E-state index contributed by atoms with van der Waals surface area (Å²) >= 11 is 0. The van der Waals surface area contributed by atoms with Crippen molar-refractivity contribution in [3.63, 3.8) is 0 Å². The molecule has 0 fully saturated rings. The number of benzene rings is 2. The Hall–Kier alpha value is -3.00. The number of ether oxygens (including phenoxy) is 1. The molecule has 0 atom stereocenters. The number of carboxylic acid groups (broad SMARTS) is 1. The molecule has 136 valence electrons. The van der Waals surface area contributed by atoms with Crippen LogP contribution in [-0.2, 0) is 21.2 Å². The molecule has 7 nitrogen and oxygen atoms in total. The zero-order valence-corrected chi connectivity index (χ0v) is 14.9. The van der Waals surface area contributed by atoms with Crippen molar-refractivity contribution in [2.45, 2.75) is 17.7 Å². The molecule has 3 N–H and O–H groups in total. The van der Waals surface area contributed by atoms with E-state index in [2.05, 4.69) is 0 Å². The Morgan fingerprint density at radius 3 is 2.50 bits per heavy atom. The van der Waals surface area contributed by atoms with E-state index >= 15 is 0 Å². The number of hydrogen-bond donors (Lipinski definition) is 2. The fraction of sp³-hybridized carbons (Fsp3) is 0.167. The number of aromatic nitrogens is 1. The van der Waals surface area contributed by atoms with Crippen molar-refractivity contribution in [2.75, 3.05) is 12.8 Å². The van der Waals surface area contributed by atoms with Crippen LogP contribution in [0.25, 0.3) is 10.9 Å². The fourth-order valence-corrected chi connectivity index (χ4v) is 4.16. The number of fused-ring (bicyclic) bond motifs is 1. The van der Waals surface area contributed by atoms with Crippen LogP contribution in [0.5, 0.6) is 5.75 Å². The van der Waals surface area contributed by atoms with Gasteiger partial charge in [-0.15, -0.1) is 0 Å². The zero-order valence-electron chi connectivity index (χ0n) is 14.0. The molecule has 0 radical (unpaired) electrons. The summed E-state index contributed by atoms with van der Waals surface area (Å²) in [7, 11) is -2.33. The van der Waals surface area contributed by atoms with Gasteiger partial charge >= 0.3 is 5.97 Å². The van der Waals surface area contributed by atoms with Crippen molar-refractivity contribution in [1.29, 1.82) is 0 Å². The minimum atomic E-state index is -3.85. The number of nitrogens with zero attached hydrogens (tertiary/aromatic N) is 1. The Kier molecular flexibility index (Phi) is 4.60. The average molecular weight is 374 g/mol. The highest BCUT2D eigenvalue weighted by Crippen LogP contribution is 2.30. The number of anilines is 1. The lowest BCUT2D eigenvalue weighted by atomic mass is 10.1. The molecular formula is C18H18N2O5S. The molecule has 2 aromatic carbocycles. The summed E-state index contributed by atoms with van der Waals surface area (Å²) in [6.45, 7) is 0. The van der Waals surface area contributed by atoms with Crippen molar-refractivity contribution in [2.24, 2.45) is 0 Å². The largest absolute Gasteiger partial charge is 0.497 e. The van der Waals surface area contributed by atoms with E-state index < -0.39 is 16.0 Å². The van der Waals surface area contributed by atoms with E-state index in [4.69, 9.17) is 15.6 Å². The van der Waals surface area contributed by atoms with Gasteiger partial charge in [0.25, 0.3) is 10.0 Å². The third kappa shape index (κ3) is 3.23. The third-order valence-electron chi connectivity index (χ3n) is 4.11. The number of carboxylic acids is 1. The third-order valence-corrected chi connectivity index (χ3v) is 5.79. The highest BCUT2D eigenvalue weighted by Gasteiger charge is 2.21. The maximum Gasteiger partial charge on any atom is 0.303 e. The van der Waals surface area contributed by atoms with E-state index in [1.54, 1.807) is 18.2 Å². The van der Waals surface area contributed by atoms with E-state index in [0.29, 0.717) is 27.9 Å². The molecule has 3 aromatic rings. The molecule has 0 bridgehead atoms. The molecule has 0 unspecified atom stereocenters. The smallest absolute Gasteiger partial charge is 0.303 e. The Balaban J connectivity index is 2.19. The van der Waals surface area contributed by atoms with Crippen LogP contribution < -0.4 is 10.5 Å². The van der Waals surface area contributed by atoms with Gasteiger partial charge in [0, 0.05) is 23.7 Å². The molecule has 0 aliphatic rings. The Morgan fingerprint density at radius 1 is 1.19 bits per heavy atom. The number of nitrogens with two attached hydrogens (primary N) is 1. The summed E-state index contributed by atoms with van der Waals surface area (Å²) in [6.07, 6.45) is 1.58. The molecule has 0 saturated heterocycles. The topological polar surface area (TPSA) is 112 Å². The summed E-state index contributed by atoms with van der Waals surface area (Å²) in [5.41, 5.74) is 7.18. The minimum Gasteiger partial charge on any atom is -0.497 e. The van der Waals surface area contributed by atoms with Gasteiger partial charge in [-0.05, 0) is 54.4 Å². The van der Waals surface area contributed by atoms with Gasteiger partial charge in [0.1, 0.15) is 5.75 Å². The van der Waals surface area contributed by atoms with Gasteiger partial charge in [-0.1, -0.05) is 0 Å². The van der Waals surface area contributed by atoms with E-state index in [1.165, 1.54) is 41.5 Å². The lowest BCUT2D eigenvalue weighted by Gasteiger charge is -2.08. The Labute approximate surface area is 150 Å². The first-order valence-corrected chi connectivity index (χ1v) is 9.28. The normalized spacial score (nSPS) is 11.6. The first-order chi connectivity index (χ1) is 12.3. The molecule has 1 aromatic heterocycles. The van der Waals surface area contributed by atoms with Crippen LogP contribution in [0.2, 0.25) is 0 Å². The predicted octanol–water partition coefficient (Wildman–Crippen LogP) is 2.49. The lowest BCUT2D eigenvalue weighted by molar-refractivity contribution is -0.136. The Bertz CT molecular complexity index is 1070. The predicted molar refractivity (Wildman–Crippen MR) is 97.9 cm³/mol. The van der Waals surface area contributed by atoms with Crippen LogP contribution in [0.3, 0.4) is 0 Å². The Morgan fingerprint density at radius 2 is 1.88 bits per heavy atom. The van der Waals surface area contributed by atoms with E-state index in [-0.39, 0.29) is 17.7 Å². The van der Waals surface area contributed by atoms with E-state index in [0.717, 1.165) is 0 Å². The first-order valence-electron chi connectivity index (χ1n) is 7.84. The maximum atomic E-state index is 13.0. The number of hydrogen-bond acceptors (Lipinski definition) is 5. The highest BCUT2D eigenvalue weighted by atomic mass is 32.2. The molecule has 0 saturated carbocycles. The lowest BCUT2D eigenvalue weighted by Crippen LogP contribution is -2.12. The summed E-state index contributed by atoms with van der Waals surface area (Å²) < 4.78 is 32.5. The van der Waals surface area contributed by atoms with Crippen LogP contribution in [0.1, 0.15) is 12.0 Å². The van der Waals surface area contributed by atoms with Crippen LogP contribution in [0, 0.1) is 0 Å². The van der Waals surface area contributed by atoms with Crippen molar-refractivity contribution in [3.8, 4) is 5.75 Å². The van der Waals surface area contributed by atoms with Gasteiger partial charge in [-0.25, -0.2) is 12.4 Å². The van der Waals surface area contributed by atoms with Gasteiger partial charge in [-0.3, -0.25) is 4.79 Å². The van der Waals surface area contributed by atoms with Crippen LogP contribution >= 0.6 is 0 Å². The standard InChI is InChI=1S/C18H18N2O5S/c1-25-14-5-8-17-16(10-14)12(2-9-18(21)22)11-20(17)26(23,24)15-6-3-13(19)4-7-15/h3-8,10-11H,2,9,19H2,1H3,(H,21,22). The maximum absolute atomic E-state index is 13.0. The van der Waals surface area contributed by atoms with E-state index in [9.17, 15) is 13.2 Å². The van der Waals surface area contributed by atoms with Gasteiger partial charge in [0.2, 0.25) is 0 Å². The number of aliphatic carboxylic acids is 1. The van der Waals surface area contributed by atoms with Gasteiger partial charge < -0.3 is 15.6 Å². The SMILES string of the molecule is COc1ccc2c(c1)c(CCC(=O)O)cn2S(=O)(=O)c1ccc(N)cc1. The summed E-state index contributed by atoms with van der Waals surface area (Å²) in [5.74, 6) is -0.383. The zero-order chi connectivity index (χ0) is 18.9. The molecular weight excluding hydrogens is 356 g/mol. The fourth-order valence-electron chi connectivity index (χ4n) is 2.77. The first kappa shape index (κ1) is 17.8. The molecule has 26 heavy (non-hydrogen) atoms. The van der Waals surface area contributed by atoms with Gasteiger partial charge in [0.15, 0.2) is 0 Å². The molecule has 0 aliphatic heterocycles. The second-order valence-corrected chi connectivity index (χ2v) is 7.62. The minimum absolute atomic E-state index is 0.0990. The number of aryl methyl sites for hydroxylation is 1. The number of methoxy groups -OCH3 is 1. The van der Waals surface area contributed by atoms with Crippen molar-refractivity contribution < 1.29 is 23.1 Å². The quantitative estimate of drug-likeness (QED) is 0.641. The monoisotopic (exact) mass is 374 g/mol. The van der Waals surface area contributed by atoms with Crippen LogP contribution in [0.15, 0.2) is 53.6 Å². The summed E-state index contributed by atoms with van der Waals surface area (Å²) in [6, 6.07) is 10.9. The second-order valence-electron chi connectivity index (χ2n) is 5.80. The molecule has 8 heteroatoms. The second kappa shape index (κ2) is 6.72. The highest BCUT2D eigenvalue weighted by molar-refractivity contribution is 7.90. The van der Waals surface area contributed by atoms with Gasteiger partial charge in [0.05, 0.1) is 17.5 Å². The average Bonchev–Trinajstić information content (AvgIpc) is 2.99. The summed E-state index contributed by atoms with van der Waals surface area (Å²) in [5, 5.41) is 9.60. The number of nitrogen functional groups attached to an aromatic ring is 1. The van der Waals surface area contributed by atoms with Crippen molar-refractivity contribution >= 4 is 32.6 Å². The van der Waals surface area contributed by atoms with Crippen LogP contribution in [0.4, 0.5) is 5.69 Å². The molecule has 0 aliphatic carbocycles. The molecule has 0 spiro atoms. The summed E-state index contributed by atoms with van der Waals surface area (Å²) in [4.78, 5) is 11.0. The number of rotatable bonds is 6. The van der Waals surface area contributed by atoms with E-state index in [1.807, 2.05) is 0 Å². The number of carbonyl (C=O) groups is 1.